The van der Waals surface area contributed by atoms with E-state index in [-0.39, 0.29) is 17.6 Å². The summed E-state index contributed by atoms with van der Waals surface area (Å²) in [6.07, 6.45) is 3.60. The van der Waals surface area contributed by atoms with E-state index in [9.17, 15) is 9.59 Å². The van der Waals surface area contributed by atoms with Crippen LogP contribution in [0.3, 0.4) is 0 Å². The molecule has 144 valence electrons. The number of imidazole rings is 1. The fourth-order valence-electron chi connectivity index (χ4n) is 2.60. The van der Waals surface area contributed by atoms with Crippen molar-refractivity contribution in [3.8, 4) is 5.69 Å². The van der Waals surface area contributed by atoms with Gasteiger partial charge in [-0.25, -0.2) is 9.78 Å². The number of nitrogens with zero attached hydrogens (tertiary/aromatic N) is 2. The zero-order valence-corrected chi connectivity index (χ0v) is 16.5. The molecule has 3 rings (SSSR count). The molecule has 0 aliphatic rings. The standard InChI is InChI=1S/C21H21N3O3S/c1-3-27-20(26)16-7-9-17(10-8-16)23-19(25)14-28-21-22-11-12-24(21)18-6-4-5-15(2)13-18/h4-13H,3,14H2,1-2H3,(H,23,25). The van der Waals surface area contributed by atoms with Gasteiger partial charge in [-0.1, -0.05) is 23.9 Å². The number of esters is 1. The van der Waals surface area contributed by atoms with Crippen LogP contribution in [0.5, 0.6) is 0 Å². The van der Waals surface area contributed by atoms with Crippen LogP contribution < -0.4 is 5.32 Å². The van der Waals surface area contributed by atoms with Gasteiger partial charge in [-0.3, -0.25) is 9.36 Å². The summed E-state index contributed by atoms with van der Waals surface area (Å²) in [5, 5.41) is 3.57. The van der Waals surface area contributed by atoms with E-state index in [1.54, 1.807) is 37.4 Å². The maximum Gasteiger partial charge on any atom is 0.338 e. The average Bonchev–Trinajstić information content (AvgIpc) is 3.16. The van der Waals surface area contributed by atoms with Crippen LogP contribution in [0.4, 0.5) is 5.69 Å². The number of ether oxygens (including phenoxy) is 1. The van der Waals surface area contributed by atoms with E-state index in [2.05, 4.69) is 16.4 Å². The Hall–Kier alpha value is -3.06. The van der Waals surface area contributed by atoms with Crippen molar-refractivity contribution in [2.45, 2.75) is 19.0 Å². The molecule has 2 aromatic carbocycles. The number of hydrogen-bond donors (Lipinski definition) is 1. The Morgan fingerprint density at radius 2 is 1.96 bits per heavy atom. The average molecular weight is 395 g/mol. The molecule has 1 heterocycles. The van der Waals surface area contributed by atoms with E-state index in [1.807, 2.05) is 35.9 Å². The Morgan fingerprint density at radius 1 is 1.18 bits per heavy atom. The van der Waals surface area contributed by atoms with Gasteiger partial charge in [-0.15, -0.1) is 0 Å². The third-order valence-electron chi connectivity index (χ3n) is 3.90. The van der Waals surface area contributed by atoms with Gasteiger partial charge < -0.3 is 10.1 Å². The minimum atomic E-state index is -0.376. The summed E-state index contributed by atoms with van der Waals surface area (Å²) in [7, 11) is 0. The van der Waals surface area contributed by atoms with E-state index in [0.29, 0.717) is 17.9 Å². The predicted molar refractivity (Wildman–Crippen MR) is 110 cm³/mol. The normalized spacial score (nSPS) is 10.5. The first-order valence-electron chi connectivity index (χ1n) is 8.87. The lowest BCUT2D eigenvalue weighted by atomic mass is 10.2. The first-order valence-corrected chi connectivity index (χ1v) is 9.85. The SMILES string of the molecule is CCOC(=O)c1ccc(NC(=O)CSc2nccn2-c2cccc(C)c2)cc1. The van der Waals surface area contributed by atoms with Crippen molar-refractivity contribution in [1.29, 1.82) is 0 Å². The van der Waals surface area contributed by atoms with Crippen LogP contribution in [0.2, 0.25) is 0 Å². The highest BCUT2D eigenvalue weighted by Gasteiger charge is 2.11. The zero-order chi connectivity index (χ0) is 19.9. The lowest BCUT2D eigenvalue weighted by Gasteiger charge is -2.09. The van der Waals surface area contributed by atoms with Crippen molar-refractivity contribution in [1.82, 2.24) is 9.55 Å². The van der Waals surface area contributed by atoms with Crippen molar-refractivity contribution < 1.29 is 14.3 Å². The molecule has 0 atom stereocenters. The Balaban J connectivity index is 1.58. The quantitative estimate of drug-likeness (QED) is 0.482. The number of rotatable bonds is 7. The van der Waals surface area contributed by atoms with Gasteiger partial charge in [0.1, 0.15) is 0 Å². The summed E-state index contributed by atoms with van der Waals surface area (Å²) in [5.41, 5.74) is 3.25. The number of aromatic nitrogens is 2. The molecular weight excluding hydrogens is 374 g/mol. The van der Waals surface area contributed by atoms with Gasteiger partial charge in [-0.05, 0) is 55.8 Å². The number of amides is 1. The second-order valence-corrected chi connectivity index (χ2v) is 7.00. The van der Waals surface area contributed by atoms with Crippen LogP contribution in [-0.2, 0) is 9.53 Å². The second kappa shape index (κ2) is 9.23. The number of carbonyl (C=O) groups excluding carboxylic acids is 2. The van der Waals surface area contributed by atoms with Crippen molar-refractivity contribution in [2.75, 3.05) is 17.7 Å². The van der Waals surface area contributed by atoms with Gasteiger partial charge >= 0.3 is 5.97 Å². The monoisotopic (exact) mass is 395 g/mol. The number of benzene rings is 2. The Labute approximate surface area is 167 Å². The molecule has 0 radical (unpaired) electrons. The molecule has 0 bridgehead atoms. The molecule has 0 unspecified atom stereocenters. The molecule has 1 N–H and O–H groups in total. The smallest absolute Gasteiger partial charge is 0.338 e. The summed E-state index contributed by atoms with van der Waals surface area (Å²) in [4.78, 5) is 28.3. The van der Waals surface area contributed by atoms with Gasteiger partial charge in [0.25, 0.3) is 0 Å². The first kappa shape index (κ1) is 19.7. The molecule has 6 nitrogen and oxygen atoms in total. The van der Waals surface area contributed by atoms with Crippen LogP contribution in [0.1, 0.15) is 22.8 Å². The Kier molecular flexibility index (Phi) is 6.49. The zero-order valence-electron chi connectivity index (χ0n) is 15.7. The number of anilines is 1. The predicted octanol–water partition coefficient (Wildman–Crippen LogP) is 4.09. The summed E-state index contributed by atoms with van der Waals surface area (Å²) in [5.74, 6) is -0.297. The van der Waals surface area contributed by atoms with E-state index in [0.717, 1.165) is 16.4 Å². The fraction of sp³-hybridized carbons (Fsp3) is 0.190. The van der Waals surface area contributed by atoms with Gasteiger partial charge in [0.2, 0.25) is 5.91 Å². The van der Waals surface area contributed by atoms with Gasteiger partial charge in [0, 0.05) is 23.8 Å². The lowest BCUT2D eigenvalue weighted by Crippen LogP contribution is -2.14. The largest absolute Gasteiger partial charge is 0.462 e. The topological polar surface area (TPSA) is 73.2 Å². The Morgan fingerprint density at radius 3 is 2.68 bits per heavy atom. The maximum absolute atomic E-state index is 12.3. The fourth-order valence-corrected chi connectivity index (χ4v) is 3.38. The summed E-state index contributed by atoms with van der Waals surface area (Å²) >= 11 is 1.36. The van der Waals surface area contributed by atoms with E-state index < -0.39 is 0 Å². The Bertz CT molecular complexity index is 967. The van der Waals surface area contributed by atoms with Crippen LogP contribution >= 0.6 is 11.8 Å². The molecule has 0 aliphatic carbocycles. The van der Waals surface area contributed by atoms with Gasteiger partial charge in [-0.2, -0.15) is 0 Å². The van der Waals surface area contributed by atoms with E-state index >= 15 is 0 Å². The molecule has 0 fully saturated rings. The van der Waals surface area contributed by atoms with Crippen molar-refractivity contribution in [3.05, 3.63) is 72.1 Å². The highest BCUT2D eigenvalue weighted by atomic mass is 32.2. The number of hydrogen-bond acceptors (Lipinski definition) is 5. The number of carbonyl (C=O) groups is 2. The molecule has 1 amide bonds. The molecule has 0 aliphatic heterocycles. The van der Waals surface area contributed by atoms with Crippen molar-refractivity contribution in [2.24, 2.45) is 0 Å². The number of aryl methyl sites for hydroxylation is 1. The van der Waals surface area contributed by atoms with Crippen molar-refractivity contribution in [3.63, 3.8) is 0 Å². The van der Waals surface area contributed by atoms with Crippen LogP contribution in [0.25, 0.3) is 5.69 Å². The minimum Gasteiger partial charge on any atom is -0.462 e. The molecule has 7 heteroatoms. The molecule has 28 heavy (non-hydrogen) atoms. The summed E-state index contributed by atoms with van der Waals surface area (Å²) in [6, 6.07) is 14.7. The van der Waals surface area contributed by atoms with Crippen LogP contribution in [0, 0.1) is 6.92 Å². The molecule has 3 aromatic rings. The van der Waals surface area contributed by atoms with Gasteiger partial charge in [0.05, 0.1) is 17.9 Å². The maximum atomic E-state index is 12.3. The molecule has 0 spiro atoms. The van der Waals surface area contributed by atoms with Gasteiger partial charge in [0.15, 0.2) is 5.16 Å². The third kappa shape index (κ3) is 5.01. The second-order valence-electron chi connectivity index (χ2n) is 6.05. The third-order valence-corrected chi connectivity index (χ3v) is 4.87. The lowest BCUT2D eigenvalue weighted by molar-refractivity contribution is -0.113. The number of nitrogens with one attached hydrogen (secondary N) is 1. The van der Waals surface area contributed by atoms with Crippen molar-refractivity contribution >= 4 is 29.3 Å². The van der Waals surface area contributed by atoms with Crippen LogP contribution in [-0.4, -0.2) is 33.8 Å². The van der Waals surface area contributed by atoms with Crippen LogP contribution in [0.15, 0.2) is 66.1 Å². The highest BCUT2D eigenvalue weighted by Crippen LogP contribution is 2.21. The molecular formula is C21H21N3O3S. The molecule has 0 saturated carbocycles. The summed E-state index contributed by atoms with van der Waals surface area (Å²) in [6.45, 7) is 4.12. The summed E-state index contributed by atoms with van der Waals surface area (Å²) < 4.78 is 6.90. The minimum absolute atomic E-state index is 0.146. The number of thioether (sulfide) groups is 1. The molecule has 1 aromatic heterocycles. The van der Waals surface area contributed by atoms with E-state index in [1.165, 1.54) is 11.8 Å². The molecule has 0 saturated heterocycles. The highest BCUT2D eigenvalue weighted by molar-refractivity contribution is 7.99. The first-order chi connectivity index (χ1) is 13.6. The van der Waals surface area contributed by atoms with E-state index in [4.69, 9.17) is 4.74 Å².